The lowest BCUT2D eigenvalue weighted by atomic mass is 10.3. The number of anilines is 1. The van der Waals surface area contributed by atoms with Crippen LogP contribution in [0.1, 0.15) is 12.8 Å². The minimum atomic E-state index is -2.84. The Morgan fingerprint density at radius 1 is 1.22 bits per heavy atom. The molecule has 1 N–H and O–H groups in total. The summed E-state index contributed by atoms with van der Waals surface area (Å²) in [6, 6.07) is 5.70. The number of halogens is 2. The monoisotopic (exact) mass is 256 g/mol. The third-order valence-electron chi connectivity index (χ3n) is 2.72. The van der Waals surface area contributed by atoms with Crippen LogP contribution in [0.4, 0.5) is 19.3 Å². The van der Waals surface area contributed by atoms with Gasteiger partial charge in [-0.25, -0.2) is 4.79 Å². The molecule has 0 atom stereocenters. The highest BCUT2D eigenvalue weighted by Gasteiger charge is 2.17. The first-order valence-electron chi connectivity index (χ1n) is 5.76. The lowest BCUT2D eigenvalue weighted by Gasteiger charge is -2.16. The zero-order valence-electron chi connectivity index (χ0n) is 9.73. The number of nitrogens with zero attached hydrogens (tertiary/aromatic N) is 1. The number of amides is 2. The van der Waals surface area contributed by atoms with E-state index in [9.17, 15) is 13.6 Å². The van der Waals surface area contributed by atoms with Crippen molar-refractivity contribution in [3.63, 3.8) is 0 Å². The highest BCUT2D eigenvalue weighted by Crippen LogP contribution is 2.18. The van der Waals surface area contributed by atoms with Crippen molar-refractivity contribution in [3.05, 3.63) is 24.3 Å². The van der Waals surface area contributed by atoms with E-state index < -0.39 is 6.61 Å². The van der Waals surface area contributed by atoms with E-state index in [-0.39, 0.29) is 11.8 Å². The summed E-state index contributed by atoms with van der Waals surface area (Å²) in [5.41, 5.74) is 0.563. The summed E-state index contributed by atoms with van der Waals surface area (Å²) in [4.78, 5) is 13.5. The van der Waals surface area contributed by atoms with Crippen molar-refractivity contribution in [1.29, 1.82) is 0 Å². The highest BCUT2D eigenvalue weighted by atomic mass is 19.3. The number of urea groups is 1. The Morgan fingerprint density at radius 3 is 2.39 bits per heavy atom. The number of likely N-dealkylation sites (tertiary alicyclic amines) is 1. The van der Waals surface area contributed by atoms with Gasteiger partial charge < -0.3 is 15.0 Å². The van der Waals surface area contributed by atoms with E-state index in [1.807, 2.05) is 0 Å². The number of benzene rings is 1. The van der Waals surface area contributed by atoms with Crippen molar-refractivity contribution in [3.8, 4) is 5.75 Å². The van der Waals surface area contributed by atoms with Gasteiger partial charge in [-0.2, -0.15) is 8.78 Å². The van der Waals surface area contributed by atoms with Gasteiger partial charge in [-0.05, 0) is 37.1 Å². The normalized spacial score (nSPS) is 14.9. The van der Waals surface area contributed by atoms with Gasteiger partial charge in [0.2, 0.25) is 0 Å². The van der Waals surface area contributed by atoms with Gasteiger partial charge in [0.1, 0.15) is 5.75 Å². The number of rotatable bonds is 3. The molecular weight excluding hydrogens is 242 g/mol. The Hall–Kier alpha value is -1.85. The first kappa shape index (κ1) is 12.6. The van der Waals surface area contributed by atoms with E-state index in [2.05, 4.69) is 10.1 Å². The predicted octanol–water partition coefficient (Wildman–Crippen LogP) is 2.92. The van der Waals surface area contributed by atoms with E-state index in [0.29, 0.717) is 5.69 Å². The lowest BCUT2D eigenvalue weighted by molar-refractivity contribution is -0.0498. The fourth-order valence-electron chi connectivity index (χ4n) is 1.84. The maximum Gasteiger partial charge on any atom is 0.387 e. The molecule has 0 aliphatic carbocycles. The van der Waals surface area contributed by atoms with Crippen LogP contribution in [0.5, 0.6) is 5.75 Å². The average molecular weight is 256 g/mol. The van der Waals surface area contributed by atoms with Crippen molar-refractivity contribution in [2.45, 2.75) is 19.5 Å². The number of ether oxygens (including phenoxy) is 1. The van der Waals surface area contributed by atoms with E-state index in [1.165, 1.54) is 24.3 Å². The average Bonchev–Trinajstić information content (AvgIpc) is 2.84. The molecular formula is C12H14F2N2O2. The largest absolute Gasteiger partial charge is 0.435 e. The molecule has 1 fully saturated rings. The number of carbonyl (C=O) groups is 1. The van der Waals surface area contributed by atoms with Crippen molar-refractivity contribution in [2.75, 3.05) is 18.4 Å². The third kappa shape index (κ3) is 3.32. The Bertz CT molecular complexity index is 403. The van der Waals surface area contributed by atoms with Gasteiger partial charge in [0.25, 0.3) is 0 Å². The number of alkyl halides is 2. The molecule has 2 amide bonds. The molecule has 0 bridgehead atoms. The summed E-state index contributed by atoms with van der Waals surface area (Å²) in [7, 11) is 0. The summed E-state index contributed by atoms with van der Waals surface area (Å²) in [6.45, 7) is -1.31. The van der Waals surface area contributed by atoms with Crippen LogP contribution in [0.15, 0.2) is 24.3 Å². The number of carbonyl (C=O) groups excluding carboxylic acids is 1. The number of hydrogen-bond donors (Lipinski definition) is 1. The number of nitrogens with one attached hydrogen (secondary N) is 1. The second kappa shape index (κ2) is 5.66. The van der Waals surface area contributed by atoms with E-state index >= 15 is 0 Å². The maximum absolute atomic E-state index is 11.9. The second-order valence-electron chi connectivity index (χ2n) is 4.03. The third-order valence-corrected chi connectivity index (χ3v) is 2.72. The molecule has 1 aliphatic heterocycles. The van der Waals surface area contributed by atoms with Gasteiger partial charge in [0.05, 0.1) is 0 Å². The Kier molecular flexibility index (Phi) is 3.96. The molecule has 18 heavy (non-hydrogen) atoms. The fraction of sp³-hybridized carbons (Fsp3) is 0.417. The van der Waals surface area contributed by atoms with Crippen LogP contribution in [-0.2, 0) is 0 Å². The molecule has 0 aromatic heterocycles. The molecule has 6 heteroatoms. The summed E-state index contributed by atoms with van der Waals surface area (Å²) < 4.78 is 28.1. The molecule has 0 saturated carbocycles. The summed E-state index contributed by atoms with van der Waals surface area (Å²) >= 11 is 0. The van der Waals surface area contributed by atoms with Crippen LogP contribution >= 0.6 is 0 Å². The van der Waals surface area contributed by atoms with E-state index in [1.54, 1.807) is 4.90 Å². The first-order chi connectivity index (χ1) is 8.65. The first-order valence-corrected chi connectivity index (χ1v) is 5.76. The smallest absolute Gasteiger partial charge is 0.387 e. The van der Waals surface area contributed by atoms with Crippen molar-refractivity contribution in [2.24, 2.45) is 0 Å². The molecule has 1 saturated heterocycles. The Morgan fingerprint density at radius 2 is 1.83 bits per heavy atom. The van der Waals surface area contributed by atoms with Gasteiger partial charge in [0.15, 0.2) is 0 Å². The topological polar surface area (TPSA) is 41.6 Å². The van der Waals surface area contributed by atoms with Gasteiger partial charge in [0, 0.05) is 18.8 Å². The molecule has 1 heterocycles. The van der Waals surface area contributed by atoms with Gasteiger partial charge >= 0.3 is 12.6 Å². The van der Waals surface area contributed by atoms with Gasteiger partial charge in [-0.1, -0.05) is 0 Å². The fourth-order valence-corrected chi connectivity index (χ4v) is 1.84. The Labute approximate surface area is 104 Å². The van der Waals surface area contributed by atoms with Gasteiger partial charge in [-0.3, -0.25) is 0 Å². The van der Waals surface area contributed by atoms with Crippen LogP contribution < -0.4 is 10.1 Å². The zero-order chi connectivity index (χ0) is 13.0. The molecule has 1 aromatic rings. The van der Waals surface area contributed by atoms with Crippen LogP contribution in [0.25, 0.3) is 0 Å². The Balaban J connectivity index is 1.91. The number of hydrogen-bond acceptors (Lipinski definition) is 2. The molecule has 1 aromatic carbocycles. The molecule has 4 nitrogen and oxygen atoms in total. The predicted molar refractivity (Wildman–Crippen MR) is 62.9 cm³/mol. The van der Waals surface area contributed by atoms with Crippen molar-refractivity contribution in [1.82, 2.24) is 4.90 Å². The van der Waals surface area contributed by atoms with E-state index in [4.69, 9.17) is 0 Å². The minimum absolute atomic E-state index is 0.0733. The molecule has 0 radical (unpaired) electrons. The SMILES string of the molecule is O=C(Nc1ccc(OC(F)F)cc1)N1CCCC1. The maximum atomic E-state index is 11.9. The lowest BCUT2D eigenvalue weighted by Crippen LogP contribution is -2.32. The van der Waals surface area contributed by atoms with Crippen LogP contribution in [0.3, 0.4) is 0 Å². The second-order valence-corrected chi connectivity index (χ2v) is 4.03. The van der Waals surface area contributed by atoms with E-state index in [0.717, 1.165) is 25.9 Å². The summed E-state index contributed by atoms with van der Waals surface area (Å²) in [6.07, 6.45) is 2.04. The van der Waals surface area contributed by atoms with Crippen molar-refractivity contribution < 1.29 is 18.3 Å². The van der Waals surface area contributed by atoms with Crippen LogP contribution in [-0.4, -0.2) is 30.6 Å². The molecule has 2 rings (SSSR count). The highest BCUT2D eigenvalue weighted by molar-refractivity contribution is 5.89. The quantitative estimate of drug-likeness (QED) is 0.903. The molecule has 0 unspecified atom stereocenters. The minimum Gasteiger partial charge on any atom is -0.435 e. The summed E-state index contributed by atoms with van der Waals surface area (Å²) in [5.74, 6) is 0.0733. The molecule has 0 spiro atoms. The molecule has 1 aliphatic rings. The standard InChI is InChI=1S/C12H14F2N2O2/c13-11(14)18-10-5-3-9(4-6-10)15-12(17)16-7-1-2-8-16/h3-6,11H,1-2,7-8H2,(H,15,17). The van der Waals surface area contributed by atoms with Crippen LogP contribution in [0.2, 0.25) is 0 Å². The van der Waals surface area contributed by atoms with Crippen LogP contribution in [0, 0.1) is 0 Å². The molecule has 98 valence electrons. The van der Waals surface area contributed by atoms with Gasteiger partial charge in [-0.15, -0.1) is 0 Å². The van der Waals surface area contributed by atoms with Crippen molar-refractivity contribution >= 4 is 11.7 Å². The summed E-state index contributed by atoms with van der Waals surface area (Å²) in [5, 5.41) is 2.71. The zero-order valence-corrected chi connectivity index (χ0v) is 9.73.